The Labute approximate surface area is 239 Å². The second-order valence-corrected chi connectivity index (χ2v) is 10.7. The fourth-order valence-electron chi connectivity index (χ4n) is 6.17. The molecular formula is C40H27N. The number of nitrogens with one attached hydrogen (secondary N) is 1. The van der Waals surface area contributed by atoms with Crippen LogP contribution in [0.25, 0.3) is 77.1 Å². The summed E-state index contributed by atoms with van der Waals surface area (Å²) in [6.45, 7) is 0. The summed E-state index contributed by atoms with van der Waals surface area (Å²) in [5, 5.41) is 5.01. The highest BCUT2D eigenvalue weighted by molar-refractivity contribution is 6.14. The van der Waals surface area contributed by atoms with E-state index >= 15 is 0 Å². The van der Waals surface area contributed by atoms with Crippen LogP contribution >= 0.6 is 0 Å². The van der Waals surface area contributed by atoms with Gasteiger partial charge in [0.1, 0.15) is 0 Å². The van der Waals surface area contributed by atoms with Crippen molar-refractivity contribution in [2.24, 2.45) is 0 Å². The monoisotopic (exact) mass is 521 g/mol. The highest BCUT2D eigenvalue weighted by Crippen LogP contribution is 2.40. The number of aromatic amines is 1. The average Bonchev–Trinajstić information content (AvgIpc) is 3.43. The van der Waals surface area contributed by atoms with Crippen LogP contribution in [0.15, 0.2) is 158 Å². The summed E-state index contributed by atoms with van der Waals surface area (Å²) in [5.74, 6) is 0. The predicted molar refractivity (Wildman–Crippen MR) is 175 cm³/mol. The number of benzene rings is 7. The van der Waals surface area contributed by atoms with Gasteiger partial charge in [-0.3, -0.25) is 0 Å². The Morgan fingerprint density at radius 2 is 0.927 bits per heavy atom. The molecular weight excluding hydrogens is 494 g/mol. The van der Waals surface area contributed by atoms with Gasteiger partial charge in [-0.1, -0.05) is 127 Å². The van der Waals surface area contributed by atoms with Gasteiger partial charge in [-0.2, -0.15) is 0 Å². The first-order chi connectivity index (χ1) is 20.3. The Bertz CT molecular complexity index is 2180. The van der Waals surface area contributed by atoms with Crippen molar-refractivity contribution in [1.29, 1.82) is 0 Å². The van der Waals surface area contributed by atoms with Crippen molar-refractivity contribution in [3.8, 4) is 44.5 Å². The van der Waals surface area contributed by atoms with Crippen LogP contribution in [-0.2, 0) is 0 Å². The molecule has 0 saturated carbocycles. The summed E-state index contributed by atoms with van der Waals surface area (Å²) in [5.41, 5.74) is 12.1. The minimum Gasteiger partial charge on any atom is -0.354 e. The lowest BCUT2D eigenvalue weighted by molar-refractivity contribution is 1.53. The molecule has 1 heteroatoms. The number of aromatic nitrogens is 1. The van der Waals surface area contributed by atoms with Crippen LogP contribution in [0.2, 0.25) is 0 Å². The van der Waals surface area contributed by atoms with Crippen LogP contribution in [0.3, 0.4) is 0 Å². The van der Waals surface area contributed by atoms with Crippen molar-refractivity contribution in [3.05, 3.63) is 158 Å². The van der Waals surface area contributed by atoms with Gasteiger partial charge in [0, 0.05) is 21.9 Å². The molecule has 1 heterocycles. The summed E-state index contributed by atoms with van der Waals surface area (Å²) >= 11 is 0. The van der Waals surface area contributed by atoms with Crippen molar-refractivity contribution >= 4 is 32.6 Å². The lowest BCUT2D eigenvalue weighted by Crippen LogP contribution is -1.87. The first kappa shape index (κ1) is 23.5. The molecule has 0 atom stereocenters. The van der Waals surface area contributed by atoms with Crippen LogP contribution < -0.4 is 0 Å². The quantitative estimate of drug-likeness (QED) is 0.237. The maximum absolute atomic E-state index is 3.79. The van der Waals surface area contributed by atoms with Gasteiger partial charge in [-0.25, -0.2) is 0 Å². The van der Waals surface area contributed by atoms with E-state index in [-0.39, 0.29) is 0 Å². The predicted octanol–water partition coefficient (Wildman–Crippen LogP) is 11.1. The fraction of sp³-hybridized carbons (Fsp3) is 0. The van der Waals surface area contributed by atoms with Gasteiger partial charge in [0.15, 0.2) is 0 Å². The summed E-state index contributed by atoms with van der Waals surface area (Å²) in [7, 11) is 0. The van der Waals surface area contributed by atoms with E-state index in [1.807, 2.05) is 0 Å². The molecule has 0 radical (unpaired) electrons. The summed E-state index contributed by atoms with van der Waals surface area (Å²) < 4.78 is 0. The SMILES string of the molecule is c1ccc(-c2ccc3[nH]c4c(-c5cccc(-c6cccc7ccccc67)c5)cc(-c5ccccc5)cc4c3c2)cc1. The number of hydrogen-bond acceptors (Lipinski definition) is 0. The molecule has 1 aromatic heterocycles. The summed E-state index contributed by atoms with van der Waals surface area (Å²) in [4.78, 5) is 3.79. The summed E-state index contributed by atoms with van der Waals surface area (Å²) in [6.07, 6.45) is 0. The number of fused-ring (bicyclic) bond motifs is 4. The van der Waals surface area contributed by atoms with Crippen LogP contribution in [0.5, 0.6) is 0 Å². The molecule has 8 rings (SSSR count). The van der Waals surface area contributed by atoms with Gasteiger partial charge in [0.2, 0.25) is 0 Å². The Morgan fingerprint density at radius 3 is 1.73 bits per heavy atom. The van der Waals surface area contributed by atoms with E-state index in [0.717, 1.165) is 5.52 Å². The largest absolute Gasteiger partial charge is 0.354 e. The minimum absolute atomic E-state index is 1.15. The second-order valence-electron chi connectivity index (χ2n) is 10.7. The van der Waals surface area contributed by atoms with E-state index in [9.17, 15) is 0 Å². The minimum atomic E-state index is 1.15. The van der Waals surface area contributed by atoms with Gasteiger partial charge in [0.05, 0.1) is 5.52 Å². The van der Waals surface area contributed by atoms with Crippen LogP contribution in [-0.4, -0.2) is 4.98 Å². The van der Waals surface area contributed by atoms with Crippen molar-refractivity contribution in [2.75, 3.05) is 0 Å². The number of H-pyrrole nitrogens is 1. The van der Waals surface area contributed by atoms with Crippen LogP contribution in [0, 0.1) is 0 Å². The maximum Gasteiger partial charge on any atom is 0.0544 e. The zero-order valence-corrected chi connectivity index (χ0v) is 22.5. The Kier molecular flexibility index (Phi) is 5.53. The van der Waals surface area contributed by atoms with Gasteiger partial charge in [-0.15, -0.1) is 0 Å². The fourth-order valence-corrected chi connectivity index (χ4v) is 6.17. The van der Waals surface area contributed by atoms with E-state index in [2.05, 4.69) is 163 Å². The molecule has 41 heavy (non-hydrogen) atoms. The molecule has 7 aromatic carbocycles. The van der Waals surface area contributed by atoms with E-state index in [0.29, 0.717) is 0 Å². The second kappa shape index (κ2) is 9.66. The van der Waals surface area contributed by atoms with Gasteiger partial charge >= 0.3 is 0 Å². The molecule has 1 nitrogen and oxygen atoms in total. The third-order valence-corrected chi connectivity index (χ3v) is 8.20. The first-order valence-corrected chi connectivity index (χ1v) is 14.1. The molecule has 0 amide bonds. The van der Waals surface area contributed by atoms with Gasteiger partial charge < -0.3 is 4.98 Å². The first-order valence-electron chi connectivity index (χ1n) is 14.1. The molecule has 192 valence electrons. The molecule has 0 fully saturated rings. The Hall–Kier alpha value is -5.40. The lowest BCUT2D eigenvalue weighted by atomic mass is 9.92. The third-order valence-electron chi connectivity index (χ3n) is 8.20. The molecule has 0 spiro atoms. The Balaban J connectivity index is 1.38. The van der Waals surface area contributed by atoms with Crippen LogP contribution in [0.4, 0.5) is 0 Å². The van der Waals surface area contributed by atoms with Crippen molar-refractivity contribution in [3.63, 3.8) is 0 Å². The van der Waals surface area contributed by atoms with Crippen molar-refractivity contribution < 1.29 is 0 Å². The van der Waals surface area contributed by atoms with E-state index < -0.39 is 0 Å². The van der Waals surface area contributed by atoms with Gasteiger partial charge in [-0.05, 0) is 80.0 Å². The molecule has 0 unspecified atom stereocenters. The van der Waals surface area contributed by atoms with Crippen molar-refractivity contribution in [1.82, 2.24) is 4.98 Å². The lowest BCUT2D eigenvalue weighted by Gasteiger charge is -2.12. The average molecular weight is 522 g/mol. The summed E-state index contributed by atoms with van der Waals surface area (Å²) in [6, 6.07) is 56.9. The molecule has 0 aliphatic rings. The van der Waals surface area contributed by atoms with E-state index in [1.54, 1.807) is 0 Å². The Morgan fingerprint density at radius 1 is 0.317 bits per heavy atom. The molecule has 0 saturated heterocycles. The van der Waals surface area contributed by atoms with Crippen LogP contribution in [0.1, 0.15) is 0 Å². The maximum atomic E-state index is 3.79. The van der Waals surface area contributed by atoms with Crippen molar-refractivity contribution in [2.45, 2.75) is 0 Å². The van der Waals surface area contributed by atoms with Gasteiger partial charge in [0.25, 0.3) is 0 Å². The third kappa shape index (κ3) is 4.11. The topological polar surface area (TPSA) is 15.8 Å². The number of rotatable bonds is 4. The zero-order valence-electron chi connectivity index (χ0n) is 22.5. The highest BCUT2D eigenvalue weighted by atomic mass is 14.7. The highest BCUT2D eigenvalue weighted by Gasteiger charge is 2.15. The van der Waals surface area contributed by atoms with E-state index in [1.165, 1.54) is 71.6 Å². The molecule has 0 bridgehead atoms. The molecule has 1 N–H and O–H groups in total. The molecule has 0 aliphatic carbocycles. The smallest absolute Gasteiger partial charge is 0.0544 e. The van der Waals surface area contributed by atoms with E-state index in [4.69, 9.17) is 0 Å². The zero-order chi connectivity index (χ0) is 27.2. The standard InChI is InChI=1S/C40H27N/c1-3-11-27(12-4-1)30-21-22-39-37(24-30)38-26-33(28-13-5-2-6-14-28)25-36(40(38)41-39)32-18-9-17-31(23-32)35-20-10-16-29-15-7-8-19-34(29)35/h1-26,41H. The number of hydrogen-bond donors (Lipinski definition) is 1. The normalized spacial score (nSPS) is 11.4. The molecule has 0 aliphatic heterocycles. The molecule has 8 aromatic rings.